The van der Waals surface area contributed by atoms with Crippen LogP contribution in [-0.4, -0.2) is 52.8 Å². The molecule has 0 unspecified atom stereocenters. The van der Waals surface area contributed by atoms with E-state index >= 15 is 0 Å². The molecule has 134 valence electrons. The first-order valence-electron chi connectivity index (χ1n) is 8.63. The van der Waals surface area contributed by atoms with E-state index in [4.69, 9.17) is 4.52 Å². The van der Waals surface area contributed by atoms with Gasteiger partial charge in [0.1, 0.15) is 0 Å². The lowest BCUT2D eigenvalue weighted by atomic mass is 10.2. The van der Waals surface area contributed by atoms with Gasteiger partial charge in [0.15, 0.2) is 5.76 Å². The molecule has 0 bridgehead atoms. The smallest absolute Gasteiger partial charge is 0.233 e. The van der Waals surface area contributed by atoms with Gasteiger partial charge in [0.05, 0.1) is 18.0 Å². The van der Waals surface area contributed by atoms with Crippen LogP contribution in [0.15, 0.2) is 33.7 Å². The third kappa shape index (κ3) is 4.86. The Balaban J connectivity index is 1.46. The first-order valence-corrected chi connectivity index (χ1v) is 9.62. The van der Waals surface area contributed by atoms with Crippen molar-refractivity contribution in [1.82, 2.24) is 15.0 Å². The summed E-state index contributed by atoms with van der Waals surface area (Å²) in [6.45, 7) is 10.2. The molecule has 0 spiro atoms. The second-order valence-electron chi connectivity index (χ2n) is 6.65. The van der Waals surface area contributed by atoms with Gasteiger partial charge in [-0.3, -0.25) is 9.69 Å². The van der Waals surface area contributed by atoms with Crippen molar-refractivity contribution in [3.05, 3.63) is 46.8 Å². The highest BCUT2D eigenvalue weighted by atomic mass is 32.2. The number of carbonyl (C=O) groups excluding carboxylic acids is 1. The zero-order valence-electron chi connectivity index (χ0n) is 15.1. The lowest BCUT2D eigenvalue weighted by molar-refractivity contribution is -0.130. The maximum absolute atomic E-state index is 12.5. The average molecular weight is 359 g/mol. The molecule has 1 saturated heterocycles. The molecule has 1 aliphatic rings. The minimum Gasteiger partial charge on any atom is -0.360 e. The van der Waals surface area contributed by atoms with E-state index in [1.165, 1.54) is 16.0 Å². The number of piperazine rings is 1. The third-order valence-electron chi connectivity index (χ3n) is 4.48. The zero-order valence-corrected chi connectivity index (χ0v) is 15.9. The van der Waals surface area contributed by atoms with E-state index in [0.29, 0.717) is 5.75 Å². The van der Waals surface area contributed by atoms with Gasteiger partial charge in [0.2, 0.25) is 5.91 Å². The van der Waals surface area contributed by atoms with E-state index < -0.39 is 0 Å². The van der Waals surface area contributed by atoms with Crippen molar-refractivity contribution in [2.75, 3.05) is 31.9 Å². The van der Waals surface area contributed by atoms with Crippen molar-refractivity contribution in [3.63, 3.8) is 0 Å². The van der Waals surface area contributed by atoms with Crippen LogP contribution in [-0.2, 0) is 11.3 Å². The van der Waals surface area contributed by atoms with Gasteiger partial charge in [-0.15, -0.1) is 11.8 Å². The molecule has 1 aromatic carbocycles. The summed E-state index contributed by atoms with van der Waals surface area (Å²) in [5.41, 5.74) is 3.37. The Morgan fingerprint density at radius 1 is 1.16 bits per heavy atom. The van der Waals surface area contributed by atoms with Crippen molar-refractivity contribution >= 4 is 17.7 Å². The van der Waals surface area contributed by atoms with Crippen LogP contribution in [0.1, 0.15) is 22.6 Å². The minimum absolute atomic E-state index is 0.223. The minimum atomic E-state index is 0.223. The number of thioether (sulfide) groups is 1. The van der Waals surface area contributed by atoms with Crippen LogP contribution >= 0.6 is 11.8 Å². The SMILES string of the molecule is Cc1ccc(C)c(SCC(=O)N2CCN(Cc3cc(C)no3)CC2)c1. The van der Waals surface area contributed by atoms with Gasteiger partial charge in [-0.1, -0.05) is 22.9 Å². The molecule has 1 fully saturated rings. The standard InChI is InChI=1S/C19H25N3O2S/c1-14-4-5-15(2)18(10-14)25-13-19(23)22-8-6-21(7-9-22)12-17-11-16(3)20-24-17/h4-5,10-11H,6-9,12-13H2,1-3H3. The summed E-state index contributed by atoms with van der Waals surface area (Å²) in [6, 6.07) is 8.35. The molecule has 2 heterocycles. The van der Waals surface area contributed by atoms with Crippen LogP contribution in [0.5, 0.6) is 0 Å². The summed E-state index contributed by atoms with van der Waals surface area (Å²) >= 11 is 1.64. The Kier molecular flexibility index (Phi) is 5.81. The van der Waals surface area contributed by atoms with E-state index in [1.807, 2.05) is 17.9 Å². The summed E-state index contributed by atoms with van der Waals surface area (Å²) in [5, 5.41) is 3.92. The maximum Gasteiger partial charge on any atom is 0.233 e. The second-order valence-corrected chi connectivity index (χ2v) is 7.67. The van der Waals surface area contributed by atoms with E-state index in [2.05, 4.69) is 42.1 Å². The van der Waals surface area contributed by atoms with Crippen LogP contribution in [0.4, 0.5) is 0 Å². The van der Waals surface area contributed by atoms with Gasteiger partial charge in [-0.25, -0.2) is 0 Å². The normalized spacial score (nSPS) is 15.6. The molecule has 6 heteroatoms. The monoisotopic (exact) mass is 359 g/mol. The number of nitrogens with zero attached hydrogens (tertiary/aromatic N) is 3. The number of hydrogen-bond acceptors (Lipinski definition) is 5. The van der Waals surface area contributed by atoms with Gasteiger partial charge < -0.3 is 9.42 Å². The average Bonchev–Trinajstić information content (AvgIpc) is 3.01. The molecule has 1 aliphatic heterocycles. The molecule has 0 atom stereocenters. The molecule has 0 saturated carbocycles. The topological polar surface area (TPSA) is 49.6 Å². The number of rotatable bonds is 5. The van der Waals surface area contributed by atoms with Crippen LogP contribution in [0, 0.1) is 20.8 Å². The van der Waals surface area contributed by atoms with Gasteiger partial charge in [-0.05, 0) is 32.4 Å². The molecule has 1 amide bonds. The van der Waals surface area contributed by atoms with Crippen LogP contribution in [0.2, 0.25) is 0 Å². The van der Waals surface area contributed by atoms with Crippen LogP contribution in [0.3, 0.4) is 0 Å². The fourth-order valence-corrected chi connectivity index (χ4v) is 3.99. The van der Waals surface area contributed by atoms with E-state index in [1.54, 1.807) is 11.8 Å². The molecular formula is C19H25N3O2S. The fraction of sp³-hybridized carbons (Fsp3) is 0.474. The lowest BCUT2D eigenvalue weighted by Gasteiger charge is -2.34. The first-order chi connectivity index (χ1) is 12.0. The molecule has 2 aromatic rings. The van der Waals surface area contributed by atoms with Crippen molar-refractivity contribution in [3.8, 4) is 0 Å². The van der Waals surface area contributed by atoms with Crippen molar-refractivity contribution in [2.45, 2.75) is 32.2 Å². The first kappa shape index (κ1) is 18.0. The van der Waals surface area contributed by atoms with E-state index in [9.17, 15) is 4.79 Å². The summed E-state index contributed by atoms with van der Waals surface area (Å²) in [5.74, 6) is 1.62. The Hall–Kier alpha value is -1.79. The summed E-state index contributed by atoms with van der Waals surface area (Å²) in [7, 11) is 0. The molecular weight excluding hydrogens is 334 g/mol. The van der Waals surface area contributed by atoms with Crippen molar-refractivity contribution in [1.29, 1.82) is 0 Å². The van der Waals surface area contributed by atoms with Crippen molar-refractivity contribution < 1.29 is 9.32 Å². The molecule has 0 aliphatic carbocycles. The highest BCUT2D eigenvalue weighted by molar-refractivity contribution is 8.00. The second kappa shape index (κ2) is 8.06. The van der Waals surface area contributed by atoms with Gasteiger partial charge in [0.25, 0.3) is 0 Å². The summed E-state index contributed by atoms with van der Waals surface area (Å²) in [4.78, 5) is 18.0. The molecule has 1 aromatic heterocycles. The molecule has 0 radical (unpaired) electrons. The van der Waals surface area contributed by atoms with Gasteiger partial charge >= 0.3 is 0 Å². The maximum atomic E-state index is 12.5. The Morgan fingerprint density at radius 3 is 2.60 bits per heavy atom. The molecule has 0 N–H and O–H groups in total. The van der Waals surface area contributed by atoms with Crippen LogP contribution in [0.25, 0.3) is 0 Å². The quantitative estimate of drug-likeness (QED) is 0.768. The van der Waals surface area contributed by atoms with E-state index in [-0.39, 0.29) is 5.91 Å². The Bertz CT molecular complexity index is 736. The predicted molar refractivity (Wildman–Crippen MR) is 99.7 cm³/mol. The third-order valence-corrected chi connectivity index (χ3v) is 5.62. The highest BCUT2D eigenvalue weighted by Crippen LogP contribution is 2.24. The number of aryl methyl sites for hydroxylation is 3. The summed E-state index contributed by atoms with van der Waals surface area (Å²) in [6.07, 6.45) is 0. The number of aromatic nitrogens is 1. The molecule has 3 rings (SSSR count). The highest BCUT2D eigenvalue weighted by Gasteiger charge is 2.22. The Labute approximate surface area is 153 Å². The number of hydrogen-bond donors (Lipinski definition) is 0. The molecule has 25 heavy (non-hydrogen) atoms. The van der Waals surface area contributed by atoms with Crippen LogP contribution < -0.4 is 0 Å². The van der Waals surface area contributed by atoms with Gasteiger partial charge in [0, 0.05) is 37.1 Å². The number of carbonyl (C=O) groups is 1. The van der Waals surface area contributed by atoms with E-state index in [0.717, 1.165) is 44.2 Å². The fourth-order valence-electron chi connectivity index (χ4n) is 2.96. The van der Waals surface area contributed by atoms with Crippen molar-refractivity contribution in [2.24, 2.45) is 0 Å². The predicted octanol–water partition coefficient (Wildman–Crippen LogP) is 3.04. The summed E-state index contributed by atoms with van der Waals surface area (Å²) < 4.78 is 5.27. The van der Waals surface area contributed by atoms with Gasteiger partial charge in [-0.2, -0.15) is 0 Å². The number of benzene rings is 1. The molecule has 5 nitrogen and oxygen atoms in total. The number of amides is 1. The zero-order chi connectivity index (χ0) is 17.8. The largest absolute Gasteiger partial charge is 0.360 e. The lowest BCUT2D eigenvalue weighted by Crippen LogP contribution is -2.48. The Morgan fingerprint density at radius 2 is 1.92 bits per heavy atom.